The second-order valence-electron chi connectivity index (χ2n) is 5.98. The number of aliphatic carboxylic acids is 1. The van der Waals surface area contributed by atoms with Crippen LogP contribution in [0.3, 0.4) is 0 Å². The summed E-state index contributed by atoms with van der Waals surface area (Å²) in [5.74, 6) is -0.800. The minimum absolute atomic E-state index is 0.330. The zero-order valence-electron chi connectivity index (χ0n) is 14.3. The van der Waals surface area contributed by atoms with Crippen molar-refractivity contribution in [1.29, 1.82) is 0 Å². The van der Waals surface area contributed by atoms with E-state index in [-0.39, 0.29) is 0 Å². The lowest BCUT2D eigenvalue weighted by Crippen LogP contribution is -2.19. The van der Waals surface area contributed by atoms with E-state index in [4.69, 9.17) is 16.3 Å². The van der Waals surface area contributed by atoms with Gasteiger partial charge in [0.15, 0.2) is 0 Å². The quantitative estimate of drug-likeness (QED) is 0.453. The fraction of sp³-hybridized carbons (Fsp3) is 0.0500. The Bertz CT molecular complexity index is 1150. The number of carbonyl (C=O) groups is 1. The van der Waals surface area contributed by atoms with Gasteiger partial charge >= 0.3 is 5.97 Å². The van der Waals surface area contributed by atoms with Crippen molar-refractivity contribution in [2.75, 3.05) is 0 Å². The van der Waals surface area contributed by atoms with Crippen LogP contribution in [0.1, 0.15) is 11.7 Å². The standard InChI is InChI=1S/C20H13BrClN3O3/c21-13-8-9-18(28-19(20(26)27)12-4-3-5-14(22)10-12)17(11-13)25-23-15-6-1-2-7-16(15)24-25/h1-11,19H,(H,26,27). The van der Waals surface area contributed by atoms with Gasteiger partial charge in [-0.2, -0.15) is 0 Å². The first-order chi connectivity index (χ1) is 13.5. The van der Waals surface area contributed by atoms with Crippen molar-refractivity contribution in [3.8, 4) is 11.4 Å². The van der Waals surface area contributed by atoms with E-state index >= 15 is 0 Å². The number of carboxylic acid groups (broad SMARTS) is 1. The molecule has 3 aromatic carbocycles. The summed E-state index contributed by atoms with van der Waals surface area (Å²) in [4.78, 5) is 13.3. The zero-order valence-corrected chi connectivity index (χ0v) is 16.6. The Morgan fingerprint density at radius 1 is 1.04 bits per heavy atom. The zero-order chi connectivity index (χ0) is 19.7. The number of fused-ring (bicyclic) bond motifs is 1. The van der Waals surface area contributed by atoms with Crippen molar-refractivity contribution >= 4 is 44.5 Å². The van der Waals surface area contributed by atoms with Gasteiger partial charge < -0.3 is 9.84 Å². The summed E-state index contributed by atoms with van der Waals surface area (Å²) in [6, 6.07) is 19.2. The van der Waals surface area contributed by atoms with Crippen LogP contribution in [0.5, 0.6) is 5.75 Å². The van der Waals surface area contributed by atoms with E-state index in [1.807, 2.05) is 24.3 Å². The molecule has 28 heavy (non-hydrogen) atoms. The van der Waals surface area contributed by atoms with E-state index in [9.17, 15) is 9.90 Å². The number of hydrogen-bond acceptors (Lipinski definition) is 4. The normalized spacial score (nSPS) is 12.1. The van der Waals surface area contributed by atoms with Gasteiger partial charge in [0.25, 0.3) is 0 Å². The fourth-order valence-corrected chi connectivity index (χ4v) is 3.32. The Balaban J connectivity index is 1.78. The lowest BCUT2D eigenvalue weighted by molar-refractivity contribution is -0.145. The summed E-state index contributed by atoms with van der Waals surface area (Å²) in [5.41, 5.74) is 2.39. The third kappa shape index (κ3) is 3.72. The number of halogens is 2. The van der Waals surface area contributed by atoms with Gasteiger partial charge in [-0.15, -0.1) is 15.0 Å². The van der Waals surface area contributed by atoms with Crippen LogP contribution in [0.4, 0.5) is 0 Å². The summed E-state index contributed by atoms with van der Waals surface area (Å²) in [7, 11) is 0. The first-order valence-electron chi connectivity index (χ1n) is 8.28. The van der Waals surface area contributed by atoms with Gasteiger partial charge in [-0.05, 0) is 42.5 Å². The number of aromatic nitrogens is 3. The van der Waals surface area contributed by atoms with Crippen molar-refractivity contribution in [3.63, 3.8) is 0 Å². The minimum Gasteiger partial charge on any atom is -0.478 e. The van der Waals surface area contributed by atoms with Crippen LogP contribution in [0, 0.1) is 0 Å². The van der Waals surface area contributed by atoms with Crippen molar-refractivity contribution in [2.24, 2.45) is 0 Å². The number of ether oxygens (including phenoxy) is 1. The van der Waals surface area contributed by atoms with E-state index in [0.717, 1.165) is 15.5 Å². The maximum Gasteiger partial charge on any atom is 0.349 e. The van der Waals surface area contributed by atoms with Gasteiger partial charge in [0.1, 0.15) is 22.5 Å². The maximum absolute atomic E-state index is 11.9. The highest BCUT2D eigenvalue weighted by molar-refractivity contribution is 9.10. The topological polar surface area (TPSA) is 77.2 Å². The van der Waals surface area contributed by atoms with Crippen molar-refractivity contribution in [1.82, 2.24) is 15.0 Å². The number of carboxylic acids is 1. The molecule has 0 bridgehead atoms. The van der Waals surface area contributed by atoms with Gasteiger partial charge in [-0.1, -0.05) is 51.8 Å². The highest BCUT2D eigenvalue weighted by Gasteiger charge is 2.24. The fourth-order valence-electron chi connectivity index (χ4n) is 2.77. The lowest BCUT2D eigenvalue weighted by Gasteiger charge is -2.18. The van der Waals surface area contributed by atoms with E-state index in [1.54, 1.807) is 42.5 Å². The summed E-state index contributed by atoms with van der Waals surface area (Å²) < 4.78 is 6.66. The summed E-state index contributed by atoms with van der Waals surface area (Å²) in [6.07, 6.45) is -1.23. The van der Waals surface area contributed by atoms with Crippen molar-refractivity contribution in [2.45, 2.75) is 6.10 Å². The number of benzene rings is 3. The lowest BCUT2D eigenvalue weighted by atomic mass is 10.1. The molecule has 140 valence electrons. The third-order valence-corrected chi connectivity index (χ3v) is 4.77. The monoisotopic (exact) mass is 457 g/mol. The molecule has 0 spiro atoms. The predicted octanol–water partition coefficient (Wildman–Crippen LogP) is 5.04. The average molecular weight is 459 g/mol. The molecular formula is C20H13BrClN3O3. The smallest absolute Gasteiger partial charge is 0.349 e. The second kappa shape index (κ2) is 7.61. The number of nitrogens with zero attached hydrogens (tertiary/aromatic N) is 3. The molecule has 0 saturated carbocycles. The van der Waals surface area contributed by atoms with Gasteiger partial charge in [0.05, 0.1) is 0 Å². The average Bonchev–Trinajstić information content (AvgIpc) is 3.10. The van der Waals surface area contributed by atoms with Crippen LogP contribution in [-0.4, -0.2) is 26.1 Å². The van der Waals surface area contributed by atoms with Crippen LogP contribution in [-0.2, 0) is 4.79 Å². The largest absolute Gasteiger partial charge is 0.478 e. The van der Waals surface area contributed by atoms with E-state index in [1.165, 1.54) is 4.80 Å². The molecule has 1 atom stereocenters. The first kappa shape index (κ1) is 18.5. The molecule has 0 aliphatic heterocycles. The molecule has 0 fully saturated rings. The summed E-state index contributed by atoms with van der Waals surface area (Å²) in [5, 5.41) is 19.0. The van der Waals surface area contributed by atoms with Crippen molar-refractivity contribution in [3.05, 3.63) is 81.8 Å². The van der Waals surface area contributed by atoms with Crippen LogP contribution >= 0.6 is 27.5 Å². The molecule has 0 aliphatic carbocycles. The molecule has 4 rings (SSSR count). The van der Waals surface area contributed by atoms with E-state index < -0.39 is 12.1 Å². The highest BCUT2D eigenvalue weighted by Crippen LogP contribution is 2.31. The third-order valence-electron chi connectivity index (χ3n) is 4.04. The van der Waals surface area contributed by atoms with Crippen LogP contribution in [0.25, 0.3) is 16.7 Å². The molecule has 1 unspecified atom stereocenters. The molecular weight excluding hydrogens is 446 g/mol. The van der Waals surface area contributed by atoms with Gasteiger partial charge in [-0.25, -0.2) is 4.79 Å². The van der Waals surface area contributed by atoms with Gasteiger partial charge in [0, 0.05) is 15.1 Å². The molecule has 1 N–H and O–H groups in total. The summed E-state index contributed by atoms with van der Waals surface area (Å²) in [6.45, 7) is 0. The van der Waals surface area contributed by atoms with Crippen molar-refractivity contribution < 1.29 is 14.6 Å². The maximum atomic E-state index is 11.9. The van der Waals surface area contributed by atoms with E-state index in [0.29, 0.717) is 22.0 Å². The van der Waals surface area contributed by atoms with Crippen LogP contribution in [0.2, 0.25) is 5.02 Å². The highest BCUT2D eigenvalue weighted by atomic mass is 79.9. The molecule has 1 heterocycles. The minimum atomic E-state index is -1.23. The van der Waals surface area contributed by atoms with Crippen LogP contribution < -0.4 is 4.74 Å². The Morgan fingerprint density at radius 3 is 2.39 bits per heavy atom. The molecule has 8 heteroatoms. The van der Waals surface area contributed by atoms with Gasteiger partial charge in [0.2, 0.25) is 6.10 Å². The predicted molar refractivity (Wildman–Crippen MR) is 109 cm³/mol. The Hall–Kier alpha value is -2.90. The molecule has 0 aliphatic rings. The Kier molecular flexibility index (Phi) is 5.02. The van der Waals surface area contributed by atoms with Gasteiger partial charge in [-0.3, -0.25) is 0 Å². The molecule has 6 nitrogen and oxygen atoms in total. The molecule has 1 aromatic heterocycles. The molecule has 0 radical (unpaired) electrons. The summed E-state index contributed by atoms with van der Waals surface area (Å²) >= 11 is 9.44. The first-order valence-corrected chi connectivity index (χ1v) is 9.45. The molecule has 0 saturated heterocycles. The van der Waals surface area contributed by atoms with E-state index in [2.05, 4.69) is 26.1 Å². The Labute approximate surface area is 173 Å². The number of rotatable bonds is 5. The molecule has 0 amide bonds. The second-order valence-corrected chi connectivity index (χ2v) is 7.33. The van der Waals surface area contributed by atoms with Crippen LogP contribution in [0.15, 0.2) is 71.2 Å². The SMILES string of the molecule is O=C(O)C(Oc1ccc(Br)cc1-n1nc2ccccc2n1)c1cccc(Cl)c1. The molecule has 4 aromatic rings. The number of hydrogen-bond donors (Lipinski definition) is 1. The Morgan fingerprint density at radius 2 is 1.75 bits per heavy atom.